The van der Waals surface area contributed by atoms with Crippen LogP contribution in [0.25, 0.3) is 0 Å². The number of amides is 1. The molecule has 0 radical (unpaired) electrons. The number of ether oxygens (including phenoxy) is 2. The number of carbonyl (C=O) groups excluding carboxylic acids is 1. The number of nitrogens with one attached hydrogen (secondary N) is 1. The van der Waals surface area contributed by atoms with Crippen molar-refractivity contribution < 1.29 is 22.7 Å². The van der Waals surface area contributed by atoms with E-state index in [2.05, 4.69) is 27.8 Å². The number of hydrogen-bond acceptors (Lipinski definition) is 5. The van der Waals surface area contributed by atoms with E-state index in [0.717, 1.165) is 8.78 Å². The second-order valence-electron chi connectivity index (χ2n) is 7.07. The molecular weight excluding hydrogens is 520 g/mol. The zero-order chi connectivity index (χ0) is 24.6. The van der Waals surface area contributed by atoms with Gasteiger partial charge in [0.1, 0.15) is 24.7 Å². The number of anilines is 2. The highest BCUT2D eigenvalue weighted by Crippen LogP contribution is 2.27. The molecule has 9 heteroatoms. The summed E-state index contributed by atoms with van der Waals surface area (Å²) >= 11 is 3.31. The van der Waals surface area contributed by atoms with E-state index >= 15 is 0 Å². The Bertz CT molecular complexity index is 1230. The van der Waals surface area contributed by atoms with Gasteiger partial charge >= 0.3 is 0 Å². The second-order valence-corrected chi connectivity index (χ2v) is 9.85. The minimum atomic E-state index is -4.03. The highest BCUT2D eigenvalue weighted by molar-refractivity contribution is 9.10. The largest absolute Gasteiger partial charge is 0.494 e. The maximum absolute atomic E-state index is 13.5. The summed E-state index contributed by atoms with van der Waals surface area (Å²) < 4.78 is 39.7. The van der Waals surface area contributed by atoms with Crippen LogP contribution in [-0.2, 0) is 14.8 Å². The van der Waals surface area contributed by atoms with E-state index < -0.39 is 22.5 Å². The molecule has 3 aromatic rings. The lowest BCUT2D eigenvalue weighted by atomic mass is 10.3. The quantitative estimate of drug-likeness (QED) is 0.333. The Morgan fingerprint density at radius 2 is 1.74 bits per heavy atom. The van der Waals surface area contributed by atoms with Gasteiger partial charge in [0, 0.05) is 16.2 Å². The van der Waals surface area contributed by atoms with E-state index in [-0.39, 0.29) is 4.90 Å². The minimum Gasteiger partial charge on any atom is -0.494 e. The predicted molar refractivity (Wildman–Crippen MR) is 137 cm³/mol. The molecule has 0 aromatic heterocycles. The van der Waals surface area contributed by atoms with Crippen LogP contribution in [0.5, 0.6) is 11.5 Å². The van der Waals surface area contributed by atoms with Gasteiger partial charge in [0.25, 0.3) is 10.0 Å². The molecule has 0 fully saturated rings. The molecule has 0 unspecified atom stereocenters. The summed E-state index contributed by atoms with van der Waals surface area (Å²) in [7, 11) is -4.03. The first-order valence-corrected chi connectivity index (χ1v) is 12.7. The van der Waals surface area contributed by atoms with E-state index in [1.165, 1.54) is 12.1 Å². The third-order valence-corrected chi connectivity index (χ3v) is 6.93. The Hall–Kier alpha value is -3.30. The summed E-state index contributed by atoms with van der Waals surface area (Å²) in [5.41, 5.74) is 0.823. The van der Waals surface area contributed by atoms with Crippen molar-refractivity contribution in [2.75, 3.05) is 29.4 Å². The lowest BCUT2D eigenvalue weighted by Gasteiger charge is -2.24. The van der Waals surface area contributed by atoms with E-state index in [1.54, 1.807) is 66.7 Å². The molecule has 1 amide bonds. The zero-order valence-corrected chi connectivity index (χ0v) is 21.0. The maximum Gasteiger partial charge on any atom is 0.264 e. The first-order valence-electron chi connectivity index (χ1n) is 10.5. The molecule has 0 aliphatic rings. The number of hydrogen-bond donors (Lipinski definition) is 1. The van der Waals surface area contributed by atoms with Gasteiger partial charge in [-0.3, -0.25) is 9.10 Å². The Labute approximate surface area is 208 Å². The number of benzene rings is 3. The van der Waals surface area contributed by atoms with Crippen LogP contribution in [0.3, 0.4) is 0 Å². The van der Waals surface area contributed by atoms with Crippen LogP contribution in [-0.4, -0.2) is 34.1 Å². The average Bonchev–Trinajstić information content (AvgIpc) is 2.82. The molecule has 7 nitrogen and oxygen atoms in total. The molecule has 0 spiro atoms. The van der Waals surface area contributed by atoms with Crippen LogP contribution in [0.2, 0.25) is 0 Å². The van der Waals surface area contributed by atoms with E-state index in [9.17, 15) is 13.2 Å². The number of nitrogens with zero attached hydrogens (tertiary/aromatic N) is 1. The van der Waals surface area contributed by atoms with Gasteiger partial charge in [-0.1, -0.05) is 34.7 Å². The summed E-state index contributed by atoms with van der Waals surface area (Å²) in [4.78, 5) is 13.0. The Morgan fingerprint density at radius 3 is 2.38 bits per heavy atom. The smallest absolute Gasteiger partial charge is 0.264 e. The minimum absolute atomic E-state index is 0.0669. The highest BCUT2D eigenvalue weighted by atomic mass is 79.9. The fraction of sp³-hybridized carbons (Fsp3) is 0.160. The van der Waals surface area contributed by atoms with Gasteiger partial charge in [-0.25, -0.2) is 8.42 Å². The van der Waals surface area contributed by atoms with E-state index in [0.29, 0.717) is 36.1 Å². The van der Waals surface area contributed by atoms with Gasteiger partial charge < -0.3 is 14.8 Å². The number of halogens is 1. The van der Waals surface area contributed by atoms with Gasteiger partial charge in [0.2, 0.25) is 5.91 Å². The number of sulfonamides is 1. The Kier molecular flexibility index (Phi) is 8.72. The van der Waals surface area contributed by atoms with Gasteiger partial charge in [-0.2, -0.15) is 0 Å². The van der Waals surface area contributed by atoms with Crippen LogP contribution in [0.1, 0.15) is 6.92 Å². The van der Waals surface area contributed by atoms with Crippen LogP contribution < -0.4 is 19.1 Å². The topological polar surface area (TPSA) is 84.9 Å². The molecule has 0 aliphatic heterocycles. The third kappa shape index (κ3) is 6.61. The van der Waals surface area contributed by atoms with Crippen LogP contribution >= 0.6 is 15.9 Å². The molecule has 0 saturated carbocycles. The lowest BCUT2D eigenvalue weighted by molar-refractivity contribution is -0.114. The van der Waals surface area contributed by atoms with Crippen molar-refractivity contribution in [2.24, 2.45) is 0 Å². The average molecular weight is 545 g/mol. The molecule has 0 bridgehead atoms. The molecule has 0 atom stereocenters. The van der Waals surface area contributed by atoms with E-state index in [1.807, 2.05) is 6.92 Å². The van der Waals surface area contributed by atoms with Crippen molar-refractivity contribution >= 4 is 43.2 Å². The monoisotopic (exact) mass is 544 g/mol. The molecule has 0 heterocycles. The number of carbonyl (C=O) groups is 1. The third-order valence-electron chi connectivity index (χ3n) is 4.61. The molecular formula is C25H25BrN2O5S. The van der Waals surface area contributed by atoms with Gasteiger partial charge in [-0.15, -0.1) is 0 Å². The summed E-state index contributed by atoms with van der Waals surface area (Å²) in [5.74, 6) is 0.659. The summed E-state index contributed by atoms with van der Waals surface area (Å²) in [6, 6.07) is 19.6. The molecule has 0 saturated heterocycles. The standard InChI is InChI=1S/C25H25BrN2O5S/c1-3-16-33-23-7-5-6-20(17-23)27-25(29)18-28(21-10-12-22(13-11-21)32-4-2)34(30,31)24-14-8-19(26)9-15-24/h3,5-15,17H,1,4,16,18H2,2H3,(H,27,29). The lowest BCUT2D eigenvalue weighted by Crippen LogP contribution is -2.38. The van der Waals surface area contributed by atoms with Gasteiger partial charge in [0.05, 0.1) is 17.2 Å². The Balaban J connectivity index is 1.88. The molecule has 3 rings (SSSR count). The molecule has 3 aromatic carbocycles. The van der Waals surface area contributed by atoms with Crippen molar-refractivity contribution in [2.45, 2.75) is 11.8 Å². The summed E-state index contributed by atoms with van der Waals surface area (Å²) in [6.45, 7) is 5.86. The molecule has 34 heavy (non-hydrogen) atoms. The summed E-state index contributed by atoms with van der Waals surface area (Å²) in [6.07, 6.45) is 1.62. The van der Waals surface area contributed by atoms with Crippen molar-refractivity contribution in [1.82, 2.24) is 0 Å². The second kappa shape index (κ2) is 11.7. The molecule has 1 N–H and O–H groups in total. The highest BCUT2D eigenvalue weighted by Gasteiger charge is 2.27. The van der Waals surface area contributed by atoms with Gasteiger partial charge in [0.15, 0.2) is 0 Å². The fourth-order valence-electron chi connectivity index (χ4n) is 3.07. The van der Waals surface area contributed by atoms with Gasteiger partial charge in [-0.05, 0) is 67.6 Å². The SMILES string of the molecule is C=CCOc1cccc(NC(=O)CN(c2ccc(OCC)cc2)S(=O)(=O)c2ccc(Br)cc2)c1. The van der Waals surface area contributed by atoms with Crippen LogP contribution in [0.15, 0.2) is 94.8 Å². The first kappa shape index (κ1) is 25.3. The normalized spacial score (nSPS) is 10.9. The van der Waals surface area contributed by atoms with E-state index in [4.69, 9.17) is 9.47 Å². The maximum atomic E-state index is 13.5. The fourth-order valence-corrected chi connectivity index (χ4v) is 4.76. The van der Waals surface area contributed by atoms with Crippen molar-refractivity contribution in [3.8, 4) is 11.5 Å². The Morgan fingerprint density at radius 1 is 1.03 bits per heavy atom. The predicted octanol–water partition coefficient (Wildman–Crippen LogP) is 5.25. The molecule has 178 valence electrons. The van der Waals surface area contributed by atoms with Crippen molar-refractivity contribution in [3.05, 3.63) is 89.9 Å². The zero-order valence-electron chi connectivity index (χ0n) is 18.6. The van der Waals surface area contributed by atoms with Crippen LogP contribution in [0, 0.1) is 0 Å². The van der Waals surface area contributed by atoms with Crippen LogP contribution in [0.4, 0.5) is 11.4 Å². The number of rotatable bonds is 11. The first-order chi connectivity index (χ1) is 16.3. The van der Waals surface area contributed by atoms with Crippen molar-refractivity contribution in [3.63, 3.8) is 0 Å². The molecule has 0 aliphatic carbocycles. The van der Waals surface area contributed by atoms with Crippen molar-refractivity contribution in [1.29, 1.82) is 0 Å². The summed E-state index contributed by atoms with van der Waals surface area (Å²) in [5, 5.41) is 2.74.